The van der Waals surface area contributed by atoms with Gasteiger partial charge in [-0.25, -0.2) is 9.97 Å². The summed E-state index contributed by atoms with van der Waals surface area (Å²) in [5.41, 5.74) is 8.49. The number of benzene rings is 2. The van der Waals surface area contributed by atoms with E-state index in [0.29, 0.717) is 41.4 Å². The molecule has 3 aromatic rings. The van der Waals surface area contributed by atoms with Gasteiger partial charge in [-0.15, -0.1) is 0 Å². The summed E-state index contributed by atoms with van der Waals surface area (Å²) in [5.74, 6) is 0.826. The third-order valence-electron chi connectivity index (χ3n) is 5.96. The van der Waals surface area contributed by atoms with Gasteiger partial charge >= 0.3 is 0 Å². The van der Waals surface area contributed by atoms with Crippen LogP contribution in [0.1, 0.15) is 39.3 Å². The first-order valence-corrected chi connectivity index (χ1v) is 11.5. The van der Waals surface area contributed by atoms with Gasteiger partial charge in [-0.1, -0.05) is 18.2 Å². The van der Waals surface area contributed by atoms with E-state index < -0.39 is 0 Å². The molecule has 0 unspecified atom stereocenters. The van der Waals surface area contributed by atoms with E-state index >= 15 is 0 Å². The number of hydrogen-bond donors (Lipinski definition) is 4. The predicted octanol–water partition coefficient (Wildman–Crippen LogP) is 1.87. The molecule has 0 bridgehead atoms. The lowest BCUT2D eigenvalue weighted by Gasteiger charge is -2.23. The number of carbonyl (C=O) groups excluding carboxylic acids is 2. The van der Waals surface area contributed by atoms with Crippen molar-refractivity contribution in [3.63, 3.8) is 0 Å². The lowest BCUT2D eigenvalue weighted by atomic mass is 10.1. The van der Waals surface area contributed by atoms with Gasteiger partial charge in [-0.3, -0.25) is 9.59 Å². The third-order valence-corrected chi connectivity index (χ3v) is 5.96. The number of hydrogen-bond acceptors (Lipinski definition) is 8. The van der Waals surface area contributed by atoms with Crippen LogP contribution in [0.15, 0.2) is 48.7 Å². The van der Waals surface area contributed by atoms with E-state index in [1.165, 1.54) is 6.20 Å². The Bertz CT molecular complexity index is 1260. The first-order chi connectivity index (χ1) is 17.1. The molecule has 3 heterocycles. The van der Waals surface area contributed by atoms with Crippen molar-refractivity contribution in [2.24, 2.45) is 0 Å². The highest BCUT2D eigenvalue weighted by atomic mass is 16.7. The van der Waals surface area contributed by atoms with E-state index in [-0.39, 0.29) is 36.2 Å². The zero-order valence-corrected chi connectivity index (χ0v) is 19.0. The van der Waals surface area contributed by atoms with Crippen LogP contribution in [0.5, 0.6) is 11.5 Å². The Hall–Kier alpha value is -4.18. The van der Waals surface area contributed by atoms with Crippen LogP contribution < -0.4 is 31.2 Å². The van der Waals surface area contributed by atoms with Gasteiger partial charge < -0.3 is 31.2 Å². The molecule has 2 aliphatic rings. The summed E-state index contributed by atoms with van der Waals surface area (Å²) in [6, 6.07) is 12.6. The van der Waals surface area contributed by atoms with Gasteiger partial charge in [0.05, 0.1) is 11.9 Å². The largest absolute Gasteiger partial charge is 0.454 e. The molecule has 0 saturated carbocycles. The number of nitrogens with two attached hydrogens (primary N) is 1. The Kier molecular flexibility index (Phi) is 6.44. The Morgan fingerprint density at radius 1 is 1.11 bits per heavy atom. The van der Waals surface area contributed by atoms with Crippen molar-refractivity contribution in [3.05, 3.63) is 65.5 Å². The number of fused-ring (bicyclic) bond motifs is 1. The molecule has 0 aliphatic carbocycles. The highest BCUT2D eigenvalue weighted by molar-refractivity contribution is 5.97. The predicted molar refractivity (Wildman–Crippen MR) is 129 cm³/mol. The van der Waals surface area contributed by atoms with Crippen molar-refractivity contribution >= 4 is 17.6 Å². The number of nitrogens with one attached hydrogen (secondary N) is 3. The minimum atomic E-state index is -0.358. The molecule has 10 heteroatoms. The molecule has 35 heavy (non-hydrogen) atoms. The maximum atomic E-state index is 12.8. The summed E-state index contributed by atoms with van der Waals surface area (Å²) < 4.78 is 10.7. The topological polar surface area (TPSA) is 140 Å². The summed E-state index contributed by atoms with van der Waals surface area (Å²) in [4.78, 5) is 34.2. The molecule has 0 spiro atoms. The summed E-state index contributed by atoms with van der Waals surface area (Å²) in [5, 5.41) is 9.14. The van der Waals surface area contributed by atoms with E-state index in [0.717, 1.165) is 24.9 Å². The summed E-state index contributed by atoms with van der Waals surface area (Å²) in [7, 11) is 0. The molecule has 5 N–H and O–H groups in total. The van der Waals surface area contributed by atoms with E-state index in [1.54, 1.807) is 18.2 Å². The number of aromatic nitrogens is 2. The maximum absolute atomic E-state index is 12.8. The third kappa shape index (κ3) is 5.17. The fraction of sp³-hybridized carbons (Fsp3) is 0.280. The van der Waals surface area contributed by atoms with Crippen LogP contribution in [0.4, 0.5) is 5.82 Å². The number of rotatable bonds is 6. The smallest absolute Gasteiger partial charge is 0.274 e. The summed E-state index contributed by atoms with van der Waals surface area (Å²) >= 11 is 0. The number of ether oxygens (including phenoxy) is 2. The number of amides is 2. The Balaban J connectivity index is 1.28. The Morgan fingerprint density at radius 2 is 2.00 bits per heavy atom. The van der Waals surface area contributed by atoms with E-state index in [9.17, 15) is 9.59 Å². The van der Waals surface area contributed by atoms with Crippen LogP contribution in [-0.4, -0.2) is 47.7 Å². The second-order valence-corrected chi connectivity index (χ2v) is 8.46. The highest BCUT2D eigenvalue weighted by Crippen LogP contribution is 2.32. The van der Waals surface area contributed by atoms with Gasteiger partial charge in [0.15, 0.2) is 23.0 Å². The standard InChI is InChI=1S/C25H26N6O4/c26-23-22(25(33)30-18-5-2-8-27-12-18)31-19(13-28-23)16-3-1-4-17(10-16)24(32)29-11-15-6-7-20-21(9-15)35-14-34-20/h1,3-4,6-7,9-10,13,18,27H,2,5,8,11-12,14H2,(H2,26,28)(H,29,32)(H,30,33)/t18-/m0/s1. The van der Waals surface area contributed by atoms with E-state index in [1.807, 2.05) is 24.3 Å². The molecule has 1 aromatic heterocycles. The average Bonchev–Trinajstić information content (AvgIpc) is 3.36. The van der Waals surface area contributed by atoms with Gasteiger partial charge in [-0.05, 0) is 49.2 Å². The van der Waals surface area contributed by atoms with Crippen molar-refractivity contribution in [3.8, 4) is 22.8 Å². The maximum Gasteiger partial charge on any atom is 0.274 e. The molecule has 2 aliphatic heterocycles. The van der Waals surface area contributed by atoms with Gasteiger partial charge in [0.2, 0.25) is 6.79 Å². The number of nitrogen functional groups attached to an aromatic ring is 1. The van der Waals surface area contributed by atoms with Crippen molar-refractivity contribution < 1.29 is 19.1 Å². The molecule has 0 radical (unpaired) electrons. The van der Waals surface area contributed by atoms with Crippen molar-refractivity contribution in [2.75, 3.05) is 25.6 Å². The summed E-state index contributed by atoms with van der Waals surface area (Å²) in [6.45, 7) is 2.20. The second kappa shape index (κ2) is 9.98. The van der Waals surface area contributed by atoms with Crippen molar-refractivity contribution in [1.82, 2.24) is 25.9 Å². The van der Waals surface area contributed by atoms with Crippen molar-refractivity contribution in [1.29, 1.82) is 0 Å². The lowest BCUT2D eigenvalue weighted by Crippen LogP contribution is -2.46. The number of nitrogens with zero attached hydrogens (tertiary/aromatic N) is 2. The van der Waals surface area contributed by atoms with Crippen molar-refractivity contribution in [2.45, 2.75) is 25.4 Å². The lowest BCUT2D eigenvalue weighted by molar-refractivity contribution is 0.0923. The van der Waals surface area contributed by atoms with Crippen LogP contribution in [0, 0.1) is 0 Å². The van der Waals surface area contributed by atoms with Gasteiger partial charge in [-0.2, -0.15) is 0 Å². The molecule has 1 fully saturated rings. The molecule has 1 saturated heterocycles. The fourth-order valence-corrected chi connectivity index (χ4v) is 4.09. The molecule has 180 valence electrons. The van der Waals surface area contributed by atoms with Crippen LogP contribution in [0.2, 0.25) is 0 Å². The molecule has 2 aromatic carbocycles. The molecule has 5 rings (SSSR count). The van der Waals surface area contributed by atoms with Gasteiger partial charge in [0, 0.05) is 30.3 Å². The minimum Gasteiger partial charge on any atom is -0.454 e. The second-order valence-electron chi connectivity index (χ2n) is 8.46. The zero-order chi connectivity index (χ0) is 24.2. The molecule has 10 nitrogen and oxygen atoms in total. The highest BCUT2D eigenvalue weighted by Gasteiger charge is 2.20. The number of piperidine rings is 1. The van der Waals surface area contributed by atoms with Crippen LogP contribution in [0.3, 0.4) is 0 Å². The Labute approximate surface area is 202 Å². The zero-order valence-electron chi connectivity index (χ0n) is 19.0. The average molecular weight is 475 g/mol. The SMILES string of the molecule is Nc1ncc(-c2cccc(C(=O)NCc3ccc4c(c3)OCO4)c2)nc1C(=O)N[C@H]1CCCNC1. The molecule has 2 amide bonds. The van der Waals surface area contributed by atoms with E-state index in [2.05, 4.69) is 25.9 Å². The van der Waals surface area contributed by atoms with Gasteiger partial charge in [0.25, 0.3) is 11.8 Å². The van der Waals surface area contributed by atoms with Crippen LogP contribution >= 0.6 is 0 Å². The molecular formula is C25H26N6O4. The van der Waals surface area contributed by atoms with Gasteiger partial charge in [0.1, 0.15) is 0 Å². The van der Waals surface area contributed by atoms with Crippen LogP contribution in [-0.2, 0) is 6.54 Å². The monoisotopic (exact) mass is 474 g/mol. The molecule has 1 atom stereocenters. The van der Waals surface area contributed by atoms with E-state index in [4.69, 9.17) is 15.2 Å². The minimum absolute atomic E-state index is 0.0258. The number of carbonyl (C=O) groups is 2. The van der Waals surface area contributed by atoms with Crippen LogP contribution in [0.25, 0.3) is 11.3 Å². The summed E-state index contributed by atoms with van der Waals surface area (Å²) in [6.07, 6.45) is 3.39. The normalized spacial score (nSPS) is 16.5. The molecular weight excluding hydrogens is 448 g/mol. The number of anilines is 1. The first kappa shape index (κ1) is 22.6. The quantitative estimate of drug-likeness (QED) is 0.424. The first-order valence-electron chi connectivity index (χ1n) is 11.5. The fourth-order valence-electron chi connectivity index (χ4n) is 4.09. The Morgan fingerprint density at radius 3 is 2.86 bits per heavy atom.